The number of rotatable bonds is 18. The summed E-state index contributed by atoms with van der Waals surface area (Å²) in [6.07, 6.45) is 23.0. The summed E-state index contributed by atoms with van der Waals surface area (Å²) >= 11 is 0. The highest BCUT2D eigenvalue weighted by molar-refractivity contribution is 5.69. The fourth-order valence-corrected chi connectivity index (χ4v) is 7.00. The number of carbonyl (C=O) groups is 1. The van der Waals surface area contributed by atoms with Crippen LogP contribution in [-0.4, -0.2) is 24.8 Å². The molecule has 3 nitrogen and oxygen atoms in total. The van der Waals surface area contributed by atoms with E-state index in [0.717, 1.165) is 37.7 Å². The van der Waals surface area contributed by atoms with E-state index in [-0.39, 0.29) is 12.1 Å². The van der Waals surface area contributed by atoms with Gasteiger partial charge in [-0.25, -0.2) is 0 Å². The van der Waals surface area contributed by atoms with Crippen molar-refractivity contribution in [2.45, 2.75) is 149 Å². The Labute approximate surface area is 210 Å². The first-order valence-corrected chi connectivity index (χ1v) is 14.9. The van der Waals surface area contributed by atoms with Crippen molar-refractivity contribution in [1.29, 1.82) is 0 Å². The molecule has 1 aliphatic heterocycles. The lowest BCUT2D eigenvalue weighted by atomic mass is 9.79. The lowest BCUT2D eigenvalue weighted by molar-refractivity contribution is -0.148. The minimum atomic E-state index is 0.00855. The minimum absolute atomic E-state index is 0.00855. The van der Waals surface area contributed by atoms with Gasteiger partial charge in [0.2, 0.25) is 0 Å². The molecule has 0 aromatic heterocycles. The lowest BCUT2D eigenvalue weighted by Gasteiger charge is -2.28. The van der Waals surface area contributed by atoms with E-state index in [4.69, 9.17) is 9.47 Å². The third-order valence-corrected chi connectivity index (χ3v) is 9.38. The summed E-state index contributed by atoms with van der Waals surface area (Å²) in [7, 11) is 0. The highest BCUT2D eigenvalue weighted by Crippen LogP contribution is 2.70. The summed E-state index contributed by atoms with van der Waals surface area (Å²) in [5, 5.41) is 0. The first-order chi connectivity index (χ1) is 16.5. The van der Waals surface area contributed by atoms with E-state index in [2.05, 4.69) is 27.4 Å². The van der Waals surface area contributed by atoms with E-state index in [1.807, 2.05) is 0 Å². The Hall–Kier alpha value is -0.830. The Morgan fingerprint density at radius 1 is 1.03 bits per heavy atom. The summed E-state index contributed by atoms with van der Waals surface area (Å²) in [4.78, 5) is 12.2. The molecule has 0 N–H and O–H groups in total. The number of unbranched alkanes of at least 4 members (excludes halogenated alkanes) is 12. The second-order valence-corrected chi connectivity index (χ2v) is 12.1. The largest absolute Gasteiger partial charge is 0.463 e. The van der Waals surface area contributed by atoms with E-state index in [1.54, 1.807) is 0 Å². The molecule has 196 valence electrons. The molecule has 3 rings (SSSR count). The monoisotopic (exact) mass is 474 g/mol. The second kappa shape index (κ2) is 14.0. The number of fused-ring (bicyclic) bond motifs is 2. The Kier molecular flexibility index (Phi) is 11.5. The molecule has 34 heavy (non-hydrogen) atoms. The Morgan fingerprint density at radius 2 is 1.62 bits per heavy atom. The molecule has 1 saturated heterocycles. The maximum absolute atomic E-state index is 12.2. The van der Waals surface area contributed by atoms with Crippen LogP contribution < -0.4 is 0 Å². The molecule has 3 fully saturated rings. The number of esters is 1. The van der Waals surface area contributed by atoms with Crippen LogP contribution in [0.5, 0.6) is 0 Å². The standard InChI is InChI=1S/C31H54O3/c1-5-6-7-8-9-10-11-12-13-14-15-16-17-18-30(32)34-25(3)19-20-27-28-21-26-24(2)23-33-29(26)22-31(27,28)4/h25-29H,2,5-23H2,1,3-4H3/t25-,26-,27+,28+,29-,31-/m1/s1. The molecule has 2 saturated carbocycles. The van der Waals surface area contributed by atoms with Crippen molar-refractivity contribution in [2.24, 2.45) is 23.2 Å². The molecule has 3 heteroatoms. The van der Waals surface area contributed by atoms with Crippen molar-refractivity contribution in [3.63, 3.8) is 0 Å². The smallest absolute Gasteiger partial charge is 0.306 e. The van der Waals surface area contributed by atoms with Gasteiger partial charge in [0, 0.05) is 12.3 Å². The molecule has 0 amide bonds. The summed E-state index contributed by atoms with van der Waals surface area (Å²) in [6, 6.07) is 0. The highest BCUT2D eigenvalue weighted by Gasteiger charge is 2.65. The molecule has 6 atom stereocenters. The van der Waals surface area contributed by atoms with Gasteiger partial charge in [-0.1, -0.05) is 97.5 Å². The summed E-state index contributed by atoms with van der Waals surface area (Å²) in [5.74, 6) is 2.20. The van der Waals surface area contributed by atoms with E-state index < -0.39 is 0 Å². The molecule has 0 spiro atoms. The van der Waals surface area contributed by atoms with Crippen molar-refractivity contribution in [2.75, 3.05) is 6.61 Å². The second-order valence-electron chi connectivity index (χ2n) is 12.1. The molecule has 0 aromatic carbocycles. The zero-order valence-corrected chi connectivity index (χ0v) is 22.8. The van der Waals surface area contributed by atoms with Gasteiger partial charge in [-0.05, 0) is 61.9 Å². The fraction of sp³-hybridized carbons (Fsp3) is 0.903. The quantitative estimate of drug-likeness (QED) is 0.113. The van der Waals surface area contributed by atoms with E-state index in [0.29, 0.717) is 23.9 Å². The molecule has 1 heterocycles. The predicted molar refractivity (Wildman–Crippen MR) is 142 cm³/mol. The average molecular weight is 475 g/mol. The Bertz CT molecular complexity index is 628. The molecular formula is C31H54O3. The van der Waals surface area contributed by atoms with E-state index in [1.165, 1.54) is 95.5 Å². The highest BCUT2D eigenvalue weighted by atomic mass is 16.5. The SMILES string of the molecule is C=C1CO[C@@H]2C[C@]3(C)[C@@H](CC[C@@H](C)OC(=O)CCCCCCCCCCCCCCC)[C@@H]3C[C@H]12. The molecule has 0 bridgehead atoms. The summed E-state index contributed by atoms with van der Waals surface area (Å²) < 4.78 is 11.7. The molecule has 0 unspecified atom stereocenters. The molecular weight excluding hydrogens is 420 g/mol. The van der Waals surface area contributed by atoms with Crippen LogP contribution in [0.1, 0.15) is 136 Å². The van der Waals surface area contributed by atoms with Gasteiger partial charge in [0.05, 0.1) is 18.8 Å². The lowest BCUT2D eigenvalue weighted by Crippen LogP contribution is -2.26. The summed E-state index contributed by atoms with van der Waals surface area (Å²) in [6.45, 7) is 11.8. The van der Waals surface area contributed by atoms with Gasteiger partial charge < -0.3 is 9.47 Å². The van der Waals surface area contributed by atoms with Crippen LogP contribution in [-0.2, 0) is 14.3 Å². The Balaban J connectivity index is 1.14. The van der Waals surface area contributed by atoms with Crippen LogP contribution in [0.3, 0.4) is 0 Å². The first kappa shape index (κ1) is 27.8. The van der Waals surface area contributed by atoms with Gasteiger partial charge in [-0.3, -0.25) is 4.79 Å². The third kappa shape index (κ3) is 8.10. The van der Waals surface area contributed by atoms with Crippen LogP contribution in [0.2, 0.25) is 0 Å². The van der Waals surface area contributed by atoms with Crippen LogP contribution in [0.4, 0.5) is 0 Å². The van der Waals surface area contributed by atoms with E-state index >= 15 is 0 Å². The predicted octanol–water partition coefficient (Wildman–Crippen LogP) is 8.80. The molecule has 2 aliphatic carbocycles. The maximum Gasteiger partial charge on any atom is 0.306 e. The molecule has 0 aromatic rings. The number of hydrogen-bond acceptors (Lipinski definition) is 3. The zero-order chi connectivity index (χ0) is 24.4. The molecule has 3 aliphatic rings. The van der Waals surface area contributed by atoms with Gasteiger partial charge in [0.1, 0.15) is 0 Å². The van der Waals surface area contributed by atoms with Crippen molar-refractivity contribution in [3.8, 4) is 0 Å². The van der Waals surface area contributed by atoms with Crippen LogP contribution in [0.15, 0.2) is 12.2 Å². The van der Waals surface area contributed by atoms with Gasteiger partial charge in [0.25, 0.3) is 0 Å². The molecule has 0 radical (unpaired) electrons. The normalized spacial score (nSPS) is 30.6. The van der Waals surface area contributed by atoms with Gasteiger partial charge >= 0.3 is 5.97 Å². The number of hydrogen-bond donors (Lipinski definition) is 0. The van der Waals surface area contributed by atoms with Crippen LogP contribution in [0, 0.1) is 23.2 Å². The van der Waals surface area contributed by atoms with Gasteiger partial charge in [0.15, 0.2) is 0 Å². The van der Waals surface area contributed by atoms with Crippen molar-refractivity contribution in [3.05, 3.63) is 12.2 Å². The minimum Gasteiger partial charge on any atom is -0.463 e. The summed E-state index contributed by atoms with van der Waals surface area (Å²) in [5.41, 5.74) is 1.76. The zero-order valence-electron chi connectivity index (χ0n) is 22.8. The third-order valence-electron chi connectivity index (χ3n) is 9.38. The van der Waals surface area contributed by atoms with E-state index in [9.17, 15) is 4.79 Å². The van der Waals surface area contributed by atoms with Crippen LogP contribution >= 0.6 is 0 Å². The van der Waals surface area contributed by atoms with Gasteiger partial charge in [-0.15, -0.1) is 0 Å². The van der Waals surface area contributed by atoms with Gasteiger partial charge in [-0.2, -0.15) is 0 Å². The number of ether oxygens (including phenoxy) is 2. The van der Waals surface area contributed by atoms with Crippen molar-refractivity contribution < 1.29 is 14.3 Å². The van der Waals surface area contributed by atoms with Crippen LogP contribution in [0.25, 0.3) is 0 Å². The topological polar surface area (TPSA) is 35.5 Å². The van der Waals surface area contributed by atoms with Crippen molar-refractivity contribution in [1.82, 2.24) is 0 Å². The maximum atomic E-state index is 12.2. The van der Waals surface area contributed by atoms with Crippen molar-refractivity contribution >= 4 is 5.97 Å². The first-order valence-electron chi connectivity index (χ1n) is 14.9. The fourth-order valence-electron chi connectivity index (χ4n) is 7.00. The average Bonchev–Trinajstić information content (AvgIpc) is 3.23. The Morgan fingerprint density at radius 3 is 2.24 bits per heavy atom. The number of carbonyl (C=O) groups excluding carboxylic acids is 1.